The van der Waals surface area contributed by atoms with Gasteiger partial charge < -0.3 is 20.5 Å². The molecule has 1 amide bonds. The molecule has 0 bridgehead atoms. The molecule has 6 nitrogen and oxygen atoms in total. The molecule has 0 spiro atoms. The highest BCUT2D eigenvalue weighted by Crippen LogP contribution is 2.43. The molecule has 1 aliphatic rings. The summed E-state index contributed by atoms with van der Waals surface area (Å²) in [5, 5.41) is 3.23. The van der Waals surface area contributed by atoms with E-state index in [0.717, 1.165) is 16.0 Å². The number of nitrogen functional groups attached to an aromatic ring is 1. The lowest BCUT2D eigenvalue weighted by Gasteiger charge is -2.22. The minimum absolute atomic E-state index is 0.0691. The van der Waals surface area contributed by atoms with Gasteiger partial charge in [0.05, 0.1) is 12.0 Å². The van der Waals surface area contributed by atoms with Crippen molar-refractivity contribution < 1.29 is 14.3 Å². The quantitative estimate of drug-likeness (QED) is 0.702. The van der Waals surface area contributed by atoms with Crippen LogP contribution in [0.5, 0.6) is 11.5 Å². The predicted molar refractivity (Wildman–Crippen MR) is 105 cm³/mol. The number of nitrogens with two attached hydrogens (primary N) is 1. The van der Waals surface area contributed by atoms with Crippen molar-refractivity contribution in [3.63, 3.8) is 0 Å². The predicted octanol–water partition coefficient (Wildman–Crippen LogP) is 3.79. The summed E-state index contributed by atoms with van der Waals surface area (Å²) in [6, 6.07) is 15.7. The highest BCUT2D eigenvalue weighted by atomic mass is 32.1. The number of methoxy groups -OCH3 is 1. The third-order valence-corrected chi connectivity index (χ3v) is 5.46. The van der Waals surface area contributed by atoms with E-state index < -0.39 is 0 Å². The third-order valence-electron chi connectivity index (χ3n) is 4.46. The van der Waals surface area contributed by atoms with Crippen molar-refractivity contribution in [3.8, 4) is 11.5 Å². The van der Waals surface area contributed by atoms with Crippen LogP contribution in [0.2, 0.25) is 0 Å². The van der Waals surface area contributed by atoms with Gasteiger partial charge in [-0.1, -0.05) is 47.7 Å². The summed E-state index contributed by atoms with van der Waals surface area (Å²) < 4.78 is 11.4. The number of nitrogens with zero attached hydrogens (tertiary/aromatic N) is 1. The van der Waals surface area contributed by atoms with E-state index in [1.807, 2.05) is 48.5 Å². The Morgan fingerprint density at radius 1 is 1.22 bits per heavy atom. The minimum Gasteiger partial charge on any atom is -0.493 e. The summed E-state index contributed by atoms with van der Waals surface area (Å²) in [6.45, 7) is 0.435. The lowest BCUT2D eigenvalue weighted by Crippen LogP contribution is -2.22. The van der Waals surface area contributed by atoms with E-state index in [1.165, 1.54) is 11.3 Å². The van der Waals surface area contributed by atoms with Crippen LogP contribution in [0.15, 0.2) is 48.5 Å². The molecule has 0 saturated heterocycles. The summed E-state index contributed by atoms with van der Waals surface area (Å²) in [5.41, 5.74) is 7.88. The van der Waals surface area contributed by atoms with E-state index in [2.05, 4.69) is 10.3 Å². The highest BCUT2D eigenvalue weighted by molar-refractivity contribution is 7.16. The molecule has 0 aliphatic carbocycles. The molecule has 2 heterocycles. The summed E-state index contributed by atoms with van der Waals surface area (Å²) in [5.74, 6) is 1.68. The first kappa shape index (κ1) is 17.4. The number of carbonyl (C=O) groups is 1. The Hall–Kier alpha value is -3.06. The van der Waals surface area contributed by atoms with Gasteiger partial charge in [0.25, 0.3) is 0 Å². The molecule has 1 aliphatic heterocycles. The fourth-order valence-corrected chi connectivity index (χ4v) is 4.08. The number of hydrogen-bond donors (Lipinski definition) is 2. The van der Waals surface area contributed by atoms with E-state index in [0.29, 0.717) is 35.5 Å². The SMILES string of the molecule is COc1ccc(C2CC(=O)Nc3nc(N)sc32)cc1OCc1ccccc1. The number of nitrogens with one attached hydrogen (secondary N) is 1. The number of hydrogen-bond acceptors (Lipinski definition) is 6. The molecule has 138 valence electrons. The van der Waals surface area contributed by atoms with Crippen LogP contribution in [0.1, 0.15) is 28.3 Å². The molecule has 27 heavy (non-hydrogen) atoms. The van der Waals surface area contributed by atoms with Crippen molar-refractivity contribution in [1.29, 1.82) is 0 Å². The van der Waals surface area contributed by atoms with Crippen LogP contribution in [0.3, 0.4) is 0 Å². The summed E-state index contributed by atoms with van der Waals surface area (Å²) in [6.07, 6.45) is 0.346. The minimum atomic E-state index is -0.103. The largest absolute Gasteiger partial charge is 0.493 e. The first-order valence-electron chi connectivity index (χ1n) is 8.54. The topological polar surface area (TPSA) is 86.5 Å². The summed E-state index contributed by atoms with van der Waals surface area (Å²) in [7, 11) is 1.61. The second kappa shape index (κ2) is 7.28. The molecule has 3 N–H and O–H groups in total. The van der Waals surface area contributed by atoms with Gasteiger partial charge in [-0.25, -0.2) is 4.98 Å². The fraction of sp³-hybridized carbons (Fsp3) is 0.200. The highest BCUT2D eigenvalue weighted by Gasteiger charge is 2.30. The fourth-order valence-electron chi connectivity index (χ4n) is 3.16. The van der Waals surface area contributed by atoms with Gasteiger partial charge in [-0.3, -0.25) is 4.79 Å². The van der Waals surface area contributed by atoms with Crippen molar-refractivity contribution in [2.24, 2.45) is 0 Å². The smallest absolute Gasteiger partial charge is 0.226 e. The first-order chi connectivity index (χ1) is 13.1. The first-order valence-corrected chi connectivity index (χ1v) is 9.36. The Morgan fingerprint density at radius 3 is 2.81 bits per heavy atom. The molecule has 1 unspecified atom stereocenters. The number of amides is 1. The van der Waals surface area contributed by atoms with Gasteiger partial charge in [0.1, 0.15) is 12.4 Å². The van der Waals surface area contributed by atoms with E-state index >= 15 is 0 Å². The van der Waals surface area contributed by atoms with Crippen molar-refractivity contribution in [2.45, 2.75) is 18.9 Å². The van der Waals surface area contributed by atoms with Crippen LogP contribution < -0.4 is 20.5 Å². The Bertz CT molecular complexity index is 972. The maximum Gasteiger partial charge on any atom is 0.226 e. The number of carbonyl (C=O) groups excluding carboxylic acids is 1. The maximum atomic E-state index is 12.1. The van der Waals surface area contributed by atoms with Crippen molar-refractivity contribution in [1.82, 2.24) is 4.98 Å². The molecular formula is C20H19N3O3S. The summed E-state index contributed by atoms with van der Waals surface area (Å²) in [4.78, 5) is 17.3. The number of aromatic nitrogens is 1. The second-order valence-corrected chi connectivity index (χ2v) is 7.32. The zero-order valence-corrected chi connectivity index (χ0v) is 15.6. The normalized spacial score (nSPS) is 15.7. The zero-order chi connectivity index (χ0) is 18.8. The van der Waals surface area contributed by atoms with Gasteiger partial charge in [0.2, 0.25) is 5.91 Å². The average molecular weight is 381 g/mol. The van der Waals surface area contributed by atoms with Crippen LogP contribution in [0.4, 0.5) is 10.9 Å². The second-order valence-electron chi connectivity index (χ2n) is 6.25. The molecule has 0 radical (unpaired) electrons. The van der Waals surface area contributed by atoms with Gasteiger partial charge in [-0.2, -0.15) is 0 Å². The van der Waals surface area contributed by atoms with Crippen LogP contribution in [0, 0.1) is 0 Å². The molecular weight excluding hydrogens is 362 g/mol. The Morgan fingerprint density at radius 2 is 2.04 bits per heavy atom. The maximum absolute atomic E-state index is 12.1. The Balaban J connectivity index is 1.65. The number of rotatable bonds is 5. The number of benzene rings is 2. The van der Waals surface area contributed by atoms with E-state index in [9.17, 15) is 4.79 Å². The van der Waals surface area contributed by atoms with E-state index in [1.54, 1.807) is 7.11 Å². The molecule has 1 atom stereocenters. The Labute approximate surface area is 161 Å². The van der Waals surface area contributed by atoms with Crippen LogP contribution in [0.25, 0.3) is 0 Å². The number of ether oxygens (including phenoxy) is 2. The molecule has 4 rings (SSSR count). The molecule has 7 heteroatoms. The standard InChI is InChI=1S/C20H19N3O3S/c1-25-15-8-7-13(9-16(15)26-11-12-5-3-2-4-6-12)14-10-17(24)22-19-18(14)27-20(21)23-19/h2-9,14H,10-11H2,1H3,(H2,21,23)(H,22,24). The lowest BCUT2D eigenvalue weighted by molar-refractivity contribution is -0.116. The molecule has 3 aromatic rings. The number of fused-ring (bicyclic) bond motifs is 1. The third kappa shape index (κ3) is 3.59. The van der Waals surface area contributed by atoms with Gasteiger partial charge in [-0.05, 0) is 23.3 Å². The van der Waals surface area contributed by atoms with Gasteiger partial charge in [-0.15, -0.1) is 0 Å². The van der Waals surface area contributed by atoms with Crippen molar-refractivity contribution >= 4 is 28.2 Å². The van der Waals surface area contributed by atoms with Crippen LogP contribution >= 0.6 is 11.3 Å². The van der Waals surface area contributed by atoms with Crippen molar-refractivity contribution in [3.05, 3.63) is 64.5 Å². The monoisotopic (exact) mass is 381 g/mol. The lowest BCUT2D eigenvalue weighted by atomic mass is 9.91. The number of anilines is 2. The van der Waals surface area contributed by atoms with Gasteiger partial charge in [0, 0.05) is 12.3 Å². The van der Waals surface area contributed by atoms with Gasteiger partial charge >= 0.3 is 0 Å². The average Bonchev–Trinajstić information content (AvgIpc) is 3.06. The van der Waals surface area contributed by atoms with E-state index in [-0.39, 0.29) is 11.8 Å². The molecule has 0 saturated carbocycles. The van der Waals surface area contributed by atoms with Crippen molar-refractivity contribution in [2.75, 3.05) is 18.2 Å². The molecule has 1 aromatic heterocycles. The van der Waals surface area contributed by atoms with E-state index in [4.69, 9.17) is 15.2 Å². The van der Waals surface area contributed by atoms with Gasteiger partial charge in [0.15, 0.2) is 16.6 Å². The Kier molecular flexibility index (Phi) is 4.68. The van der Waals surface area contributed by atoms with Crippen LogP contribution in [-0.2, 0) is 11.4 Å². The van der Waals surface area contributed by atoms with Crippen LogP contribution in [-0.4, -0.2) is 18.0 Å². The number of thiazole rings is 1. The summed E-state index contributed by atoms with van der Waals surface area (Å²) >= 11 is 1.40. The zero-order valence-electron chi connectivity index (χ0n) is 14.8. The molecule has 0 fully saturated rings. The molecule has 2 aromatic carbocycles.